The first-order chi connectivity index (χ1) is 18.1. The zero-order chi connectivity index (χ0) is 26.0. The molecule has 1 aliphatic heterocycles. The smallest absolute Gasteiger partial charge is 0.257 e. The Bertz CT molecular complexity index is 1220. The molecular formula is C30H35N3O4. The van der Waals surface area contributed by atoms with Crippen molar-refractivity contribution in [1.82, 2.24) is 14.8 Å². The van der Waals surface area contributed by atoms with Crippen molar-refractivity contribution in [2.45, 2.75) is 45.1 Å². The van der Waals surface area contributed by atoms with Gasteiger partial charge in [0.1, 0.15) is 12.4 Å². The molecule has 2 amide bonds. The quantitative estimate of drug-likeness (QED) is 0.569. The van der Waals surface area contributed by atoms with E-state index in [4.69, 9.17) is 4.74 Å². The van der Waals surface area contributed by atoms with Gasteiger partial charge in [0.15, 0.2) is 0 Å². The van der Waals surface area contributed by atoms with E-state index in [2.05, 4.69) is 4.98 Å². The third-order valence-electron chi connectivity index (χ3n) is 6.84. The first-order valence-electron chi connectivity index (χ1n) is 13.1. The van der Waals surface area contributed by atoms with Crippen LogP contribution in [-0.4, -0.2) is 58.9 Å². The highest BCUT2D eigenvalue weighted by atomic mass is 16.5. The predicted molar refractivity (Wildman–Crippen MR) is 144 cm³/mol. The summed E-state index contributed by atoms with van der Waals surface area (Å²) >= 11 is 0. The number of amides is 2. The summed E-state index contributed by atoms with van der Waals surface area (Å²) in [5.41, 5.74) is 1.83. The minimum absolute atomic E-state index is 0.0315. The molecule has 1 atom stereocenters. The largest absolute Gasteiger partial charge is 0.491 e. The molecule has 0 fully saturated rings. The normalized spacial score (nSPS) is 17.4. The lowest BCUT2D eigenvalue weighted by atomic mass is 10.0. The van der Waals surface area contributed by atoms with Crippen molar-refractivity contribution in [3.63, 3.8) is 0 Å². The van der Waals surface area contributed by atoms with E-state index < -0.39 is 0 Å². The lowest BCUT2D eigenvalue weighted by Crippen LogP contribution is -2.46. The van der Waals surface area contributed by atoms with Crippen molar-refractivity contribution in [3.05, 3.63) is 100.0 Å². The number of ether oxygens (including phenoxy) is 1. The van der Waals surface area contributed by atoms with Crippen LogP contribution in [0.4, 0.5) is 0 Å². The Balaban J connectivity index is 1.69. The van der Waals surface area contributed by atoms with E-state index in [1.807, 2.05) is 71.3 Å². The third-order valence-corrected chi connectivity index (χ3v) is 6.84. The van der Waals surface area contributed by atoms with Crippen LogP contribution in [0.25, 0.3) is 0 Å². The number of hydrogen-bond donors (Lipinski definition) is 1. The van der Waals surface area contributed by atoms with E-state index in [0.29, 0.717) is 42.9 Å². The number of carbonyl (C=O) groups excluding carboxylic acids is 2. The molecule has 0 radical (unpaired) electrons. The molecule has 2 aromatic carbocycles. The van der Waals surface area contributed by atoms with Gasteiger partial charge in [0, 0.05) is 31.9 Å². The number of aromatic amines is 1. The van der Waals surface area contributed by atoms with E-state index in [9.17, 15) is 14.4 Å². The molecule has 0 saturated carbocycles. The van der Waals surface area contributed by atoms with E-state index in [0.717, 1.165) is 31.2 Å². The van der Waals surface area contributed by atoms with Gasteiger partial charge in [-0.15, -0.1) is 0 Å². The lowest BCUT2D eigenvalue weighted by Gasteiger charge is -2.33. The molecule has 1 aromatic heterocycles. The summed E-state index contributed by atoms with van der Waals surface area (Å²) in [6, 6.07) is 20.1. The number of H-pyrrole nitrogens is 1. The molecule has 1 aliphatic rings. The maximum atomic E-state index is 13.7. The monoisotopic (exact) mass is 501 g/mol. The minimum Gasteiger partial charge on any atom is -0.491 e. The fraction of sp³-hybridized carbons (Fsp3) is 0.367. The van der Waals surface area contributed by atoms with Crippen molar-refractivity contribution < 1.29 is 14.3 Å². The van der Waals surface area contributed by atoms with Crippen LogP contribution >= 0.6 is 0 Å². The van der Waals surface area contributed by atoms with Gasteiger partial charge in [-0.1, -0.05) is 55.3 Å². The van der Waals surface area contributed by atoms with Crippen LogP contribution in [0.1, 0.15) is 58.9 Å². The zero-order valence-corrected chi connectivity index (χ0v) is 21.4. The molecule has 0 bridgehead atoms. The van der Waals surface area contributed by atoms with E-state index in [1.54, 1.807) is 6.07 Å². The molecule has 4 rings (SSSR count). The molecule has 0 aliphatic carbocycles. The van der Waals surface area contributed by atoms with Crippen LogP contribution in [0.3, 0.4) is 0 Å². The molecular weight excluding hydrogens is 466 g/mol. The van der Waals surface area contributed by atoms with Crippen molar-refractivity contribution in [2.75, 3.05) is 26.2 Å². The van der Waals surface area contributed by atoms with Crippen LogP contribution in [0, 0.1) is 0 Å². The fourth-order valence-corrected chi connectivity index (χ4v) is 4.77. The standard InChI is InChI=1S/C30H35N3O4/c1-2-32-18-10-3-4-11-19-33(29(35)24-16-17-28(34)31-21-24)25(20-23-12-6-5-7-13-23)22-37-27-15-9-8-14-26(27)30(32)36/h5-9,12-17,21,25H,2-4,10-11,18-20,22H2,1H3,(H,31,34)/t25-/m0/s1. The molecule has 0 unspecified atom stereocenters. The number of pyridine rings is 1. The number of nitrogens with one attached hydrogen (secondary N) is 1. The fourth-order valence-electron chi connectivity index (χ4n) is 4.77. The number of nitrogens with zero attached hydrogens (tertiary/aromatic N) is 2. The highest BCUT2D eigenvalue weighted by molar-refractivity contribution is 5.97. The van der Waals surface area contributed by atoms with Gasteiger partial charge in [-0.2, -0.15) is 0 Å². The Morgan fingerprint density at radius 1 is 0.919 bits per heavy atom. The molecule has 3 aromatic rings. The van der Waals surface area contributed by atoms with Gasteiger partial charge < -0.3 is 19.5 Å². The number of aromatic nitrogens is 1. The second kappa shape index (κ2) is 12.9. The maximum absolute atomic E-state index is 13.7. The van der Waals surface area contributed by atoms with Crippen molar-refractivity contribution >= 4 is 11.8 Å². The molecule has 1 N–H and O–H groups in total. The van der Waals surface area contributed by atoms with Gasteiger partial charge in [0.2, 0.25) is 5.56 Å². The van der Waals surface area contributed by atoms with Crippen LogP contribution < -0.4 is 10.3 Å². The first-order valence-corrected chi connectivity index (χ1v) is 13.1. The summed E-state index contributed by atoms with van der Waals surface area (Å²) in [4.78, 5) is 45.0. The molecule has 194 valence electrons. The molecule has 0 saturated heterocycles. The van der Waals surface area contributed by atoms with E-state index >= 15 is 0 Å². The highest BCUT2D eigenvalue weighted by Gasteiger charge is 2.27. The molecule has 2 heterocycles. The van der Waals surface area contributed by atoms with Gasteiger partial charge in [0.05, 0.1) is 17.2 Å². The second-order valence-electron chi connectivity index (χ2n) is 9.39. The summed E-state index contributed by atoms with van der Waals surface area (Å²) in [7, 11) is 0. The van der Waals surface area contributed by atoms with Gasteiger partial charge in [-0.25, -0.2) is 0 Å². The number of para-hydroxylation sites is 1. The van der Waals surface area contributed by atoms with Crippen molar-refractivity contribution in [2.24, 2.45) is 0 Å². The summed E-state index contributed by atoms with van der Waals surface area (Å²) in [5, 5.41) is 0. The van der Waals surface area contributed by atoms with E-state index in [1.165, 1.54) is 12.3 Å². The average Bonchev–Trinajstić information content (AvgIpc) is 2.93. The maximum Gasteiger partial charge on any atom is 0.257 e. The number of rotatable bonds is 4. The van der Waals surface area contributed by atoms with Crippen molar-refractivity contribution in [1.29, 1.82) is 0 Å². The number of carbonyl (C=O) groups is 2. The van der Waals surface area contributed by atoms with Gasteiger partial charge in [0.25, 0.3) is 11.8 Å². The predicted octanol–water partition coefficient (Wildman–Crippen LogP) is 4.54. The molecule has 37 heavy (non-hydrogen) atoms. The summed E-state index contributed by atoms with van der Waals surface area (Å²) in [6.45, 7) is 4.16. The SMILES string of the molecule is CCN1CCCCCCN(C(=O)c2ccc(=O)[nH]c2)[C@@H](Cc2ccccc2)COc2ccccc2C1=O. The number of fused-ring (bicyclic) bond motifs is 1. The third kappa shape index (κ3) is 6.88. The lowest BCUT2D eigenvalue weighted by molar-refractivity contribution is 0.0597. The minimum atomic E-state index is -0.268. The van der Waals surface area contributed by atoms with Crippen LogP contribution in [-0.2, 0) is 6.42 Å². The highest BCUT2D eigenvalue weighted by Crippen LogP contribution is 2.23. The Labute approximate surface area is 218 Å². The Morgan fingerprint density at radius 3 is 2.38 bits per heavy atom. The first kappa shape index (κ1) is 26.2. The van der Waals surface area contributed by atoms with Gasteiger partial charge in [-0.3, -0.25) is 14.4 Å². The Hall–Kier alpha value is -3.87. The summed E-state index contributed by atoms with van der Waals surface area (Å²) in [6.07, 6.45) is 5.76. The van der Waals surface area contributed by atoms with Crippen LogP contribution in [0.5, 0.6) is 5.75 Å². The van der Waals surface area contributed by atoms with Crippen LogP contribution in [0.15, 0.2) is 77.7 Å². The summed E-state index contributed by atoms with van der Waals surface area (Å²) < 4.78 is 6.32. The van der Waals surface area contributed by atoms with Gasteiger partial charge in [-0.05, 0) is 49.9 Å². The number of hydrogen-bond acceptors (Lipinski definition) is 4. The van der Waals surface area contributed by atoms with Crippen molar-refractivity contribution in [3.8, 4) is 5.75 Å². The van der Waals surface area contributed by atoms with E-state index in [-0.39, 0.29) is 30.0 Å². The number of benzene rings is 2. The molecule has 7 nitrogen and oxygen atoms in total. The van der Waals surface area contributed by atoms with Gasteiger partial charge >= 0.3 is 0 Å². The molecule has 7 heteroatoms. The Morgan fingerprint density at radius 2 is 1.65 bits per heavy atom. The average molecular weight is 502 g/mol. The molecule has 0 spiro atoms. The Kier molecular flexibility index (Phi) is 9.13. The summed E-state index contributed by atoms with van der Waals surface area (Å²) in [5.74, 6) is 0.350. The van der Waals surface area contributed by atoms with Crippen LogP contribution in [0.2, 0.25) is 0 Å². The topological polar surface area (TPSA) is 82.7 Å². The second-order valence-corrected chi connectivity index (χ2v) is 9.39. The zero-order valence-electron chi connectivity index (χ0n) is 21.4.